The molecule has 1 aromatic carbocycles. The molecule has 0 amide bonds. The number of anilines is 1. The molecule has 5 nitrogen and oxygen atoms in total. The van der Waals surface area contributed by atoms with Crippen molar-refractivity contribution >= 4 is 11.7 Å². The lowest BCUT2D eigenvalue weighted by molar-refractivity contribution is -0.137. The minimum Gasteiger partial charge on any atom is -0.490 e. The van der Waals surface area contributed by atoms with Crippen molar-refractivity contribution in [2.24, 2.45) is 0 Å². The number of rotatable bonds is 5. The second kappa shape index (κ2) is 7.43. The summed E-state index contributed by atoms with van der Waals surface area (Å²) in [4.78, 5) is 11.1. The van der Waals surface area contributed by atoms with Crippen LogP contribution in [-0.2, 0) is 9.53 Å². The summed E-state index contributed by atoms with van der Waals surface area (Å²) in [6.45, 7) is 4.06. The average Bonchev–Trinajstić information content (AvgIpc) is 2.68. The smallest absolute Gasteiger partial charge is 0.330 e. The van der Waals surface area contributed by atoms with E-state index in [-0.39, 0.29) is 5.97 Å². The summed E-state index contributed by atoms with van der Waals surface area (Å²) >= 11 is 0. The Bertz CT molecular complexity index is 485. The zero-order chi connectivity index (χ0) is 14.2. The van der Waals surface area contributed by atoms with E-state index in [1.165, 1.54) is 6.08 Å². The van der Waals surface area contributed by atoms with Crippen molar-refractivity contribution in [3.63, 3.8) is 0 Å². The molecule has 0 aliphatic carbocycles. The molecule has 2 rings (SSSR count). The van der Waals surface area contributed by atoms with Gasteiger partial charge in [-0.2, -0.15) is 0 Å². The molecule has 5 heteroatoms. The summed E-state index contributed by atoms with van der Waals surface area (Å²) in [6.07, 6.45) is 4.03. The van der Waals surface area contributed by atoms with Gasteiger partial charge < -0.3 is 19.5 Å². The number of hydrogen-bond acceptors (Lipinski definition) is 5. The van der Waals surface area contributed by atoms with Crippen LogP contribution in [0, 0.1) is 0 Å². The fourth-order valence-electron chi connectivity index (χ4n) is 1.80. The molecule has 0 spiro atoms. The minimum atomic E-state index is -0.326. The zero-order valence-corrected chi connectivity index (χ0v) is 11.6. The number of nitrogens with one attached hydrogen (secondary N) is 1. The summed E-state index contributed by atoms with van der Waals surface area (Å²) in [5.74, 6) is 1.20. The van der Waals surface area contributed by atoms with Gasteiger partial charge in [-0.3, -0.25) is 0 Å². The molecule has 0 bridgehead atoms. The Balaban J connectivity index is 1.87. The molecule has 0 radical (unpaired) electrons. The molecule has 1 aliphatic heterocycles. The van der Waals surface area contributed by atoms with Crippen LogP contribution >= 0.6 is 0 Å². The van der Waals surface area contributed by atoms with Crippen molar-refractivity contribution in [3.05, 3.63) is 30.4 Å². The first-order chi connectivity index (χ1) is 9.79. The van der Waals surface area contributed by atoms with E-state index < -0.39 is 0 Å². The van der Waals surface area contributed by atoms with Gasteiger partial charge in [0.05, 0.1) is 19.8 Å². The summed E-state index contributed by atoms with van der Waals surface area (Å²) in [5.41, 5.74) is 0.919. The molecule has 0 fully saturated rings. The Morgan fingerprint density at radius 2 is 2.15 bits per heavy atom. The highest BCUT2D eigenvalue weighted by molar-refractivity contribution is 5.81. The van der Waals surface area contributed by atoms with Crippen LogP contribution in [0.25, 0.3) is 0 Å². The number of fused-ring (bicyclic) bond motifs is 1. The molecule has 0 atom stereocenters. The van der Waals surface area contributed by atoms with Crippen LogP contribution in [-0.4, -0.2) is 32.3 Å². The van der Waals surface area contributed by atoms with Gasteiger partial charge in [-0.05, 0) is 19.1 Å². The third-order valence-corrected chi connectivity index (χ3v) is 2.71. The predicted octanol–water partition coefficient (Wildman–Crippen LogP) is 2.38. The number of carbonyl (C=O) groups excluding carboxylic acids is 1. The van der Waals surface area contributed by atoms with Crippen molar-refractivity contribution in [2.45, 2.75) is 13.3 Å². The van der Waals surface area contributed by atoms with Crippen LogP contribution in [0.5, 0.6) is 11.5 Å². The van der Waals surface area contributed by atoms with Crippen LogP contribution in [0.4, 0.5) is 5.69 Å². The highest BCUT2D eigenvalue weighted by Crippen LogP contribution is 2.32. The molecule has 0 unspecified atom stereocenters. The Labute approximate surface area is 118 Å². The highest BCUT2D eigenvalue weighted by atomic mass is 16.5. The second-order valence-electron chi connectivity index (χ2n) is 4.25. The van der Waals surface area contributed by atoms with Crippen LogP contribution < -0.4 is 14.8 Å². The standard InChI is InChI=1S/C15H19NO4/c1-2-18-15(17)5-3-8-16-12-6-7-13-14(11-12)20-10-4-9-19-13/h3,5-7,11,16H,2,4,8-10H2,1H3/b5-3+. The normalized spacial score (nSPS) is 13.8. The summed E-state index contributed by atoms with van der Waals surface area (Å²) < 4.78 is 16.0. The lowest BCUT2D eigenvalue weighted by atomic mass is 10.2. The SMILES string of the molecule is CCOC(=O)/C=C/CNc1ccc2c(c1)OCCCO2. The van der Waals surface area contributed by atoms with Gasteiger partial charge in [-0.15, -0.1) is 0 Å². The highest BCUT2D eigenvalue weighted by Gasteiger charge is 2.10. The Kier molecular flexibility index (Phi) is 5.29. The predicted molar refractivity (Wildman–Crippen MR) is 76.3 cm³/mol. The molecule has 0 aromatic heterocycles. The average molecular weight is 277 g/mol. The number of benzene rings is 1. The van der Waals surface area contributed by atoms with E-state index in [2.05, 4.69) is 5.32 Å². The monoisotopic (exact) mass is 277 g/mol. The van der Waals surface area contributed by atoms with Gasteiger partial charge in [0, 0.05) is 30.8 Å². The van der Waals surface area contributed by atoms with Crippen LogP contribution in [0.15, 0.2) is 30.4 Å². The molecule has 1 N–H and O–H groups in total. The first-order valence-electron chi connectivity index (χ1n) is 6.76. The Morgan fingerprint density at radius 3 is 2.95 bits per heavy atom. The van der Waals surface area contributed by atoms with Crippen molar-refractivity contribution in [1.29, 1.82) is 0 Å². The molecule has 0 saturated heterocycles. The maximum atomic E-state index is 11.1. The third kappa shape index (κ3) is 4.19. The van der Waals surface area contributed by atoms with Gasteiger partial charge in [0.15, 0.2) is 11.5 Å². The maximum Gasteiger partial charge on any atom is 0.330 e. The van der Waals surface area contributed by atoms with E-state index in [4.69, 9.17) is 14.2 Å². The molecule has 1 heterocycles. The fraction of sp³-hybridized carbons (Fsp3) is 0.400. The van der Waals surface area contributed by atoms with E-state index in [1.54, 1.807) is 13.0 Å². The number of hydrogen-bond donors (Lipinski definition) is 1. The molecule has 1 aliphatic rings. The van der Waals surface area contributed by atoms with E-state index in [9.17, 15) is 4.79 Å². The van der Waals surface area contributed by atoms with Crippen molar-refractivity contribution < 1.29 is 19.0 Å². The van der Waals surface area contributed by atoms with E-state index >= 15 is 0 Å². The quantitative estimate of drug-likeness (QED) is 0.661. The Morgan fingerprint density at radius 1 is 1.35 bits per heavy atom. The molecule has 0 saturated carbocycles. The molecule has 20 heavy (non-hydrogen) atoms. The largest absolute Gasteiger partial charge is 0.490 e. The molecule has 1 aromatic rings. The van der Waals surface area contributed by atoms with Crippen molar-refractivity contribution in [3.8, 4) is 11.5 Å². The van der Waals surface area contributed by atoms with Gasteiger partial charge in [0.25, 0.3) is 0 Å². The molecule has 108 valence electrons. The van der Waals surface area contributed by atoms with Gasteiger partial charge >= 0.3 is 5.97 Å². The van der Waals surface area contributed by atoms with Crippen LogP contribution in [0.3, 0.4) is 0 Å². The topological polar surface area (TPSA) is 56.8 Å². The fourth-order valence-corrected chi connectivity index (χ4v) is 1.80. The first-order valence-corrected chi connectivity index (χ1v) is 6.76. The number of ether oxygens (including phenoxy) is 3. The van der Waals surface area contributed by atoms with Crippen molar-refractivity contribution in [1.82, 2.24) is 0 Å². The summed E-state index contributed by atoms with van der Waals surface area (Å²) in [7, 11) is 0. The van der Waals surface area contributed by atoms with E-state index in [0.29, 0.717) is 26.4 Å². The van der Waals surface area contributed by atoms with Gasteiger partial charge in [-0.1, -0.05) is 6.08 Å². The van der Waals surface area contributed by atoms with Crippen LogP contribution in [0.2, 0.25) is 0 Å². The van der Waals surface area contributed by atoms with Crippen LogP contribution in [0.1, 0.15) is 13.3 Å². The van der Waals surface area contributed by atoms with E-state index in [0.717, 1.165) is 23.6 Å². The lowest BCUT2D eigenvalue weighted by Gasteiger charge is -2.10. The molecular weight excluding hydrogens is 258 g/mol. The lowest BCUT2D eigenvalue weighted by Crippen LogP contribution is -2.02. The van der Waals surface area contributed by atoms with Crippen molar-refractivity contribution in [2.75, 3.05) is 31.7 Å². The third-order valence-electron chi connectivity index (χ3n) is 2.71. The number of esters is 1. The molecular formula is C15H19NO4. The Hall–Kier alpha value is -2.17. The maximum absolute atomic E-state index is 11.1. The van der Waals surface area contributed by atoms with E-state index in [1.807, 2.05) is 18.2 Å². The second-order valence-corrected chi connectivity index (χ2v) is 4.25. The zero-order valence-electron chi connectivity index (χ0n) is 11.6. The minimum absolute atomic E-state index is 0.326. The van der Waals surface area contributed by atoms with Gasteiger partial charge in [0.1, 0.15) is 0 Å². The van der Waals surface area contributed by atoms with Gasteiger partial charge in [-0.25, -0.2) is 4.79 Å². The number of carbonyl (C=O) groups is 1. The summed E-state index contributed by atoms with van der Waals surface area (Å²) in [6, 6.07) is 5.71. The first kappa shape index (κ1) is 14.2. The van der Waals surface area contributed by atoms with Gasteiger partial charge in [0.2, 0.25) is 0 Å². The summed E-state index contributed by atoms with van der Waals surface area (Å²) in [5, 5.41) is 3.18.